The maximum absolute atomic E-state index is 13.7. The van der Waals surface area contributed by atoms with E-state index in [2.05, 4.69) is 18.0 Å². The maximum atomic E-state index is 13.7. The van der Waals surface area contributed by atoms with E-state index in [-0.39, 0.29) is 5.43 Å². The number of unbranched alkanes of at least 4 members (excludes halogenated alkanes) is 1. The van der Waals surface area contributed by atoms with Crippen LogP contribution in [-0.2, 0) is 23.7 Å². The lowest BCUT2D eigenvalue weighted by Gasteiger charge is -2.15. The molecule has 176 valence electrons. The Bertz CT molecular complexity index is 1860. The molecule has 0 bridgehead atoms. The largest absolute Gasteiger partial charge is 0.340 e. The lowest BCUT2D eigenvalue weighted by Crippen LogP contribution is -2.09. The van der Waals surface area contributed by atoms with E-state index in [1.54, 1.807) is 24.3 Å². The van der Waals surface area contributed by atoms with Crippen molar-refractivity contribution in [2.24, 2.45) is 7.05 Å². The fourth-order valence-electron chi connectivity index (χ4n) is 4.74. The van der Waals surface area contributed by atoms with Crippen molar-refractivity contribution in [3.63, 3.8) is 0 Å². The lowest BCUT2D eigenvalue weighted by molar-refractivity contribution is 0.552. The van der Waals surface area contributed by atoms with Crippen molar-refractivity contribution in [1.29, 1.82) is 5.26 Å². The second-order valence-corrected chi connectivity index (χ2v) is 10.1. The van der Waals surface area contributed by atoms with Crippen LogP contribution in [0.1, 0.15) is 30.9 Å². The Balaban J connectivity index is 1.86. The third-order valence-corrected chi connectivity index (χ3v) is 7.34. The number of fused-ring (bicyclic) bond motifs is 4. The summed E-state index contributed by atoms with van der Waals surface area (Å²) in [6.07, 6.45) is 2.51. The Hall–Kier alpha value is -3.96. The molecule has 1 N–H and O–H groups in total. The number of benzene rings is 3. The van der Waals surface area contributed by atoms with Crippen LogP contribution in [0, 0.1) is 11.3 Å². The minimum Gasteiger partial charge on any atom is -0.340 e. The van der Waals surface area contributed by atoms with E-state index >= 15 is 0 Å². The monoisotopic (exact) mass is 487 g/mol. The molecule has 0 aliphatic carbocycles. The van der Waals surface area contributed by atoms with E-state index in [1.807, 2.05) is 23.7 Å². The highest BCUT2D eigenvalue weighted by atomic mass is 32.3. The van der Waals surface area contributed by atoms with Gasteiger partial charge < -0.3 is 9.55 Å². The van der Waals surface area contributed by atoms with E-state index in [0.29, 0.717) is 45.0 Å². The Morgan fingerprint density at radius 3 is 2.60 bits per heavy atom. The number of aryl methyl sites for hydroxylation is 2. The number of hydrogen-bond donors (Lipinski definition) is 1. The third-order valence-electron chi connectivity index (χ3n) is 6.52. The molecule has 0 aliphatic rings. The van der Waals surface area contributed by atoms with Gasteiger partial charge in [0.25, 0.3) is 0 Å². The van der Waals surface area contributed by atoms with Gasteiger partial charge in [-0.1, -0.05) is 31.5 Å². The first-order valence-electron chi connectivity index (χ1n) is 11.3. The second-order valence-electron chi connectivity index (χ2n) is 8.70. The SMILES string of the molecule is CCCCc1cc2c(=O)c3c4ccc(C#N)cc4[nH]c3n(C)c2cc1-c1cccc(S(=O)(=O)F)c1. The molecule has 0 fully saturated rings. The van der Waals surface area contributed by atoms with Gasteiger partial charge in [-0.05, 0) is 65.9 Å². The van der Waals surface area contributed by atoms with Crippen LogP contribution in [0.15, 0.2) is 64.3 Å². The van der Waals surface area contributed by atoms with Crippen LogP contribution in [0.5, 0.6) is 0 Å². The van der Waals surface area contributed by atoms with E-state index < -0.39 is 15.1 Å². The molecule has 0 spiro atoms. The molecule has 0 unspecified atom stereocenters. The molecular formula is C27H22FN3O3S. The Kier molecular flexibility index (Phi) is 5.45. The van der Waals surface area contributed by atoms with Gasteiger partial charge in [0.1, 0.15) is 5.65 Å². The molecule has 3 aromatic carbocycles. The summed E-state index contributed by atoms with van der Waals surface area (Å²) in [6, 6.07) is 16.9. The van der Waals surface area contributed by atoms with Crippen LogP contribution >= 0.6 is 0 Å². The van der Waals surface area contributed by atoms with E-state index in [9.17, 15) is 22.4 Å². The number of nitriles is 1. The van der Waals surface area contributed by atoms with Gasteiger partial charge in [-0.3, -0.25) is 4.79 Å². The lowest BCUT2D eigenvalue weighted by atomic mass is 9.93. The molecule has 35 heavy (non-hydrogen) atoms. The number of aromatic nitrogens is 2. The highest BCUT2D eigenvalue weighted by Crippen LogP contribution is 2.33. The first-order valence-corrected chi connectivity index (χ1v) is 12.7. The zero-order valence-corrected chi connectivity index (χ0v) is 20.0. The molecule has 0 amide bonds. The molecule has 5 rings (SSSR count). The number of pyridine rings is 1. The summed E-state index contributed by atoms with van der Waals surface area (Å²) in [5.41, 5.74) is 4.60. The number of rotatable bonds is 5. The van der Waals surface area contributed by atoms with E-state index in [1.165, 1.54) is 18.2 Å². The normalized spacial score (nSPS) is 11.9. The summed E-state index contributed by atoms with van der Waals surface area (Å²) in [5, 5.41) is 11.1. The van der Waals surface area contributed by atoms with Crippen LogP contribution in [0.4, 0.5) is 3.89 Å². The van der Waals surface area contributed by atoms with Gasteiger partial charge >= 0.3 is 10.2 Å². The van der Waals surface area contributed by atoms with Gasteiger partial charge in [-0.2, -0.15) is 13.7 Å². The topological polar surface area (TPSA) is 95.7 Å². The van der Waals surface area contributed by atoms with Gasteiger partial charge in [-0.15, -0.1) is 3.89 Å². The number of aromatic amines is 1. The average molecular weight is 488 g/mol. The summed E-state index contributed by atoms with van der Waals surface area (Å²) in [5.74, 6) is 0. The van der Waals surface area contributed by atoms with Crippen molar-refractivity contribution in [2.75, 3.05) is 0 Å². The first kappa shape index (κ1) is 22.8. The highest BCUT2D eigenvalue weighted by Gasteiger charge is 2.19. The molecule has 0 saturated carbocycles. The smallest absolute Gasteiger partial charge is 0.332 e. The highest BCUT2D eigenvalue weighted by molar-refractivity contribution is 7.86. The Morgan fingerprint density at radius 2 is 1.89 bits per heavy atom. The molecule has 6 nitrogen and oxygen atoms in total. The molecule has 0 atom stereocenters. The summed E-state index contributed by atoms with van der Waals surface area (Å²) in [7, 11) is -3.00. The van der Waals surface area contributed by atoms with Gasteiger partial charge in [0.05, 0.1) is 27.4 Å². The molecule has 0 aliphatic heterocycles. The van der Waals surface area contributed by atoms with Crippen molar-refractivity contribution < 1.29 is 12.3 Å². The fourth-order valence-corrected chi connectivity index (χ4v) is 5.25. The molecule has 2 heterocycles. The predicted molar refractivity (Wildman–Crippen MR) is 136 cm³/mol. The summed E-state index contributed by atoms with van der Waals surface area (Å²) in [6.45, 7) is 2.07. The maximum Gasteiger partial charge on any atom is 0.332 e. The number of H-pyrrole nitrogens is 1. The minimum absolute atomic E-state index is 0.117. The van der Waals surface area contributed by atoms with Crippen LogP contribution in [0.25, 0.3) is 44.0 Å². The van der Waals surface area contributed by atoms with Crippen LogP contribution < -0.4 is 5.43 Å². The molecule has 8 heteroatoms. The minimum atomic E-state index is -4.85. The quantitative estimate of drug-likeness (QED) is 0.321. The molecule has 0 saturated heterocycles. The molecule has 5 aromatic rings. The van der Waals surface area contributed by atoms with Crippen LogP contribution in [-0.4, -0.2) is 18.0 Å². The van der Waals surface area contributed by atoms with Crippen LogP contribution in [0.3, 0.4) is 0 Å². The first-order chi connectivity index (χ1) is 16.7. The predicted octanol–water partition coefficient (Wildman–Crippen LogP) is 5.71. The zero-order valence-electron chi connectivity index (χ0n) is 19.2. The van der Waals surface area contributed by atoms with E-state index in [0.717, 1.165) is 29.4 Å². The van der Waals surface area contributed by atoms with Crippen molar-refractivity contribution in [3.8, 4) is 17.2 Å². The fraction of sp³-hybridized carbons (Fsp3) is 0.185. The number of halogens is 1. The van der Waals surface area contributed by atoms with Crippen molar-refractivity contribution >= 4 is 43.1 Å². The number of nitrogens with zero attached hydrogens (tertiary/aromatic N) is 2. The van der Waals surface area contributed by atoms with E-state index in [4.69, 9.17) is 0 Å². The molecular weight excluding hydrogens is 465 g/mol. The van der Waals surface area contributed by atoms with Gasteiger partial charge in [-0.25, -0.2) is 0 Å². The van der Waals surface area contributed by atoms with Crippen molar-refractivity contribution in [1.82, 2.24) is 9.55 Å². The third kappa shape index (κ3) is 3.78. The number of nitrogens with one attached hydrogen (secondary N) is 1. The summed E-state index contributed by atoms with van der Waals surface area (Å²) in [4.78, 5) is 16.6. The van der Waals surface area contributed by atoms with Gasteiger partial charge in [0.15, 0.2) is 5.43 Å². The Morgan fingerprint density at radius 1 is 1.09 bits per heavy atom. The molecule has 2 aromatic heterocycles. The second kappa shape index (κ2) is 8.36. The number of hydrogen-bond acceptors (Lipinski definition) is 4. The van der Waals surface area contributed by atoms with Crippen molar-refractivity contribution in [2.45, 2.75) is 31.1 Å². The molecule has 0 radical (unpaired) electrons. The Labute approximate surface area is 201 Å². The summed E-state index contributed by atoms with van der Waals surface area (Å²) < 4.78 is 38.7. The van der Waals surface area contributed by atoms with Crippen molar-refractivity contribution in [3.05, 3.63) is 75.9 Å². The summed E-state index contributed by atoms with van der Waals surface area (Å²) >= 11 is 0. The van der Waals surface area contributed by atoms with Gasteiger partial charge in [0.2, 0.25) is 0 Å². The standard InChI is InChI=1S/C27H22FN3O3S/c1-3-4-6-18-13-22-24(14-21(18)17-7-5-8-19(12-17)35(28,33)34)31(2)27-25(26(22)32)20-10-9-16(15-29)11-23(20)30-27/h5,7-14,30H,3-4,6H2,1-2H3. The van der Waals surface area contributed by atoms with Gasteiger partial charge in [0, 0.05) is 23.3 Å². The zero-order chi connectivity index (χ0) is 24.9. The van der Waals surface area contributed by atoms with Crippen LogP contribution in [0.2, 0.25) is 0 Å². The average Bonchev–Trinajstić information content (AvgIpc) is 3.24.